The molecule has 0 aliphatic rings. The van der Waals surface area contributed by atoms with Gasteiger partial charge in [0, 0.05) is 7.11 Å². The summed E-state index contributed by atoms with van der Waals surface area (Å²) in [6, 6.07) is 0. The molecule has 0 aliphatic heterocycles. The van der Waals surface area contributed by atoms with E-state index in [1.807, 2.05) is 6.08 Å². The van der Waals surface area contributed by atoms with Crippen molar-refractivity contribution in [3.63, 3.8) is 0 Å². The molecule has 3 heteroatoms. The second kappa shape index (κ2) is 19.7. The van der Waals surface area contributed by atoms with Crippen LogP contribution < -0.4 is 0 Å². The molecule has 0 amide bonds. The highest BCUT2D eigenvalue weighted by Crippen LogP contribution is 2.12. The molecule has 0 saturated heterocycles. The van der Waals surface area contributed by atoms with Crippen molar-refractivity contribution < 1.29 is 14.6 Å². The Bertz CT molecular complexity index is 241. The normalized spacial score (nSPS) is 13.0. The summed E-state index contributed by atoms with van der Waals surface area (Å²) in [6.45, 7) is 2.52. The summed E-state index contributed by atoms with van der Waals surface area (Å²) in [5.41, 5.74) is 0. The van der Waals surface area contributed by atoms with Crippen molar-refractivity contribution >= 4 is 0 Å². The third-order valence-corrected chi connectivity index (χ3v) is 4.15. The van der Waals surface area contributed by atoms with Gasteiger partial charge in [-0.05, 0) is 12.8 Å². The largest absolute Gasteiger partial charge is 0.393 e. The van der Waals surface area contributed by atoms with Gasteiger partial charge in [0.15, 0.2) is 0 Å². The predicted octanol–water partition coefficient (Wildman–Crippen LogP) is 5.62. The quantitative estimate of drug-likeness (QED) is 0.202. The van der Waals surface area contributed by atoms with E-state index >= 15 is 0 Å². The fourth-order valence-corrected chi connectivity index (χ4v) is 2.68. The van der Waals surface area contributed by atoms with Gasteiger partial charge in [0.05, 0.1) is 6.61 Å². The highest BCUT2D eigenvalue weighted by atomic mass is 16.7. The van der Waals surface area contributed by atoms with Crippen LogP contribution in [-0.4, -0.2) is 31.7 Å². The van der Waals surface area contributed by atoms with E-state index < -0.39 is 0 Å². The summed E-state index contributed by atoms with van der Waals surface area (Å²) < 4.78 is 10.1. The first-order valence-electron chi connectivity index (χ1n) is 9.73. The third-order valence-electron chi connectivity index (χ3n) is 4.15. The van der Waals surface area contributed by atoms with Crippen LogP contribution in [0.1, 0.15) is 90.4 Å². The van der Waals surface area contributed by atoms with Crippen molar-refractivity contribution in [1.82, 2.24) is 0 Å². The first-order chi connectivity index (χ1) is 11.3. The molecule has 23 heavy (non-hydrogen) atoms. The summed E-state index contributed by atoms with van der Waals surface area (Å²) in [6.07, 6.45) is 21.5. The van der Waals surface area contributed by atoms with Gasteiger partial charge in [-0.3, -0.25) is 0 Å². The van der Waals surface area contributed by atoms with Crippen LogP contribution in [-0.2, 0) is 9.47 Å². The van der Waals surface area contributed by atoms with Crippen molar-refractivity contribution in [3.8, 4) is 0 Å². The topological polar surface area (TPSA) is 38.7 Å². The van der Waals surface area contributed by atoms with E-state index in [0.717, 1.165) is 6.42 Å². The third kappa shape index (κ3) is 17.8. The highest BCUT2D eigenvalue weighted by molar-refractivity contribution is 4.89. The molecule has 0 aromatic carbocycles. The van der Waals surface area contributed by atoms with Crippen LogP contribution in [0.4, 0.5) is 0 Å². The molecule has 138 valence electrons. The molecule has 0 bridgehead atoms. The summed E-state index contributed by atoms with van der Waals surface area (Å²) in [5, 5.41) is 9.12. The number of hydrogen-bond acceptors (Lipinski definition) is 3. The lowest BCUT2D eigenvalue weighted by molar-refractivity contribution is -0.0694. The van der Waals surface area contributed by atoms with Crippen LogP contribution in [0.5, 0.6) is 0 Å². The van der Waals surface area contributed by atoms with Crippen molar-refractivity contribution in [3.05, 3.63) is 12.2 Å². The summed E-state index contributed by atoms with van der Waals surface area (Å²) in [5.74, 6) is 0. The Morgan fingerprint density at radius 1 is 0.826 bits per heavy atom. The molecule has 0 aliphatic carbocycles. The first-order valence-corrected chi connectivity index (χ1v) is 9.73. The number of unbranched alkanes of at least 4 members (excludes halogenated alkanes) is 12. The van der Waals surface area contributed by atoms with Gasteiger partial charge in [-0.15, -0.1) is 0 Å². The average Bonchev–Trinajstić information content (AvgIpc) is 2.57. The Balaban J connectivity index is 3.23. The molecule has 1 N–H and O–H groups in total. The molecule has 0 spiro atoms. The number of rotatable bonds is 18. The van der Waals surface area contributed by atoms with Gasteiger partial charge in [0.25, 0.3) is 0 Å². The van der Waals surface area contributed by atoms with Crippen LogP contribution in [0.3, 0.4) is 0 Å². The van der Waals surface area contributed by atoms with E-state index in [1.165, 1.54) is 77.0 Å². The number of aliphatic hydroxyl groups excluding tert-OH is 1. The number of aliphatic hydroxyl groups is 1. The highest BCUT2D eigenvalue weighted by Gasteiger charge is 2.01. The Labute approximate surface area is 144 Å². The number of methoxy groups -OCH3 is 1. The number of hydrogen-bond donors (Lipinski definition) is 1. The SMILES string of the molecule is CCCCCCCCCCCCCC/C=C/[C@@H](CO)OCOC. The van der Waals surface area contributed by atoms with Crippen molar-refractivity contribution in [2.24, 2.45) is 0 Å². The summed E-state index contributed by atoms with van der Waals surface area (Å²) >= 11 is 0. The molecular weight excluding hydrogens is 288 g/mol. The molecule has 0 aromatic rings. The smallest absolute Gasteiger partial charge is 0.147 e. The Kier molecular flexibility index (Phi) is 19.3. The van der Waals surface area contributed by atoms with Gasteiger partial charge >= 0.3 is 0 Å². The van der Waals surface area contributed by atoms with E-state index in [-0.39, 0.29) is 19.5 Å². The molecule has 0 heterocycles. The fraction of sp³-hybridized carbons (Fsp3) is 0.900. The van der Waals surface area contributed by atoms with Gasteiger partial charge in [-0.25, -0.2) is 0 Å². The minimum atomic E-state index is -0.229. The molecule has 1 atom stereocenters. The average molecular weight is 329 g/mol. The lowest BCUT2D eigenvalue weighted by Crippen LogP contribution is -2.16. The van der Waals surface area contributed by atoms with E-state index in [4.69, 9.17) is 14.6 Å². The zero-order valence-corrected chi connectivity index (χ0v) is 15.6. The van der Waals surface area contributed by atoms with Gasteiger partial charge in [-0.1, -0.05) is 89.7 Å². The minimum absolute atomic E-state index is 0.0122. The van der Waals surface area contributed by atoms with E-state index in [0.29, 0.717) is 0 Å². The Morgan fingerprint density at radius 2 is 1.35 bits per heavy atom. The predicted molar refractivity (Wildman–Crippen MR) is 98.7 cm³/mol. The van der Waals surface area contributed by atoms with Crippen molar-refractivity contribution in [2.75, 3.05) is 20.5 Å². The van der Waals surface area contributed by atoms with Gasteiger partial charge in [0.1, 0.15) is 12.9 Å². The lowest BCUT2D eigenvalue weighted by atomic mass is 10.0. The maximum atomic E-state index is 9.12. The standard InChI is InChI=1S/C20H40O3/c1-3-4-5-6-7-8-9-10-11-12-13-14-15-16-17-20(18-21)23-19-22-2/h16-17,20-21H,3-15,18-19H2,1-2H3/b17-16+/t20-/m0/s1. The Morgan fingerprint density at radius 3 is 1.83 bits per heavy atom. The second-order valence-corrected chi connectivity index (χ2v) is 6.40. The maximum Gasteiger partial charge on any atom is 0.147 e. The van der Waals surface area contributed by atoms with Gasteiger partial charge in [0.2, 0.25) is 0 Å². The van der Waals surface area contributed by atoms with Gasteiger partial charge in [-0.2, -0.15) is 0 Å². The number of ether oxygens (including phenoxy) is 2. The fourth-order valence-electron chi connectivity index (χ4n) is 2.68. The van der Waals surface area contributed by atoms with Crippen molar-refractivity contribution in [2.45, 2.75) is 96.5 Å². The minimum Gasteiger partial charge on any atom is -0.393 e. The molecule has 0 rings (SSSR count). The molecule has 0 fully saturated rings. The molecule has 3 nitrogen and oxygen atoms in total. The van der Waals surface area contributed by atoms with E-state index in [2.05, 4.69) is 13.0 Å². The molecule has 0 aromatic heterocycles. The van der Waals surface area contributed by atoms with Crippen molar-refractivity contribution in [1.29, 1.82) is 0 Å². The zero-order valence-electron chi connectivity index (χ0n) is 15.6. The van der Waals surface area contributed by atoms with Gasteiger partial charge < -0.3 is 14.6 Å². The van der Waals surface area contributed by atoms with Crippen LogP contribution in [0.25, 0.3) is 0 Å². The molecular formula is C20H40O3. The zero-order chi connectivity index (χ0) is 17.0. The molecule has 0 saturated carbocycles. The molecule has 0 radical (unpaired) electrons. The van der Waals surface area contributed by atoms with E-state index in [9.17, 15) is 0 Å². The van der Waals surface area contributed by atoms with Crippen LogP contribution in [0.15, 0.2) is 12.2 Å². The number of allylic oxidation sites excluding steroid dienone is 1. The summed E-state index contributed by atoms with van der Waals surface area (Å²) in [7, 11) is 1.59. The lowest BCUT2D eigenvalue weighted by Gasteiger charge is -2.09. The van der Waals surface area contributed by atoms with Crippen LogP contribution >= 0.6 is 0 Å². The first kappa shape index (κ1) is 22.6. The maximum absolute atomic E-state index is 9.12. The monoisotopic (exact) mass is 328 g/mol. The van der Waals surface area contributed by atoms with Crippen LogP contribution in [0, 0.1) is 0 Å². The van der Waals surface area contributed by atoms with Crippen LogP contribution in [0.2, 0.25) is 0 Å². The van der Waals surface area contributed by atoms with E-state index in [1.54, 1.807) is 7.11 Å². The summed E-state index contributed by atoms with van der Waals surface area (Å²) in [4.78, 5) is 0. The molecule has 0 unspecified atom stereocenters. The Hall–Kier alpha value is -0.380. The second-order valence-electron chi connectivity index (χ2n) is 6.40.